The Kier molecular flexibility index (Phi) is 4.38. The third-order valence-corrected chi connectivity index (χ3v) is 6.72. The minimum absolute atomic E-state index is 0.0307. The second kappa shape index (κ2) is 6.94. The van der Waals surface area contributed by atoms with Gasteiger partial charge < -0.3 is 15.1 Å². The van der Waals surface area contributed by atoms with Crippen LogP contribution < -0.4 is 5.32 Å². The number of piperidine rings is 2. The molecule has 4 aliphatic rings. The molecule has 6 heteroatoms. The van der Waals surface area contributed by atoms with Crippen molar-refractivity contribution in [3.05, 3.63) is 71.0 Å². The Hall–Kier alpha value is -2.75. The Labute approximate surface area is 169 Å². The van der Waals surface area contributed by atoms with E-state index in [1.54, 1.807) is 0 Å². The van der Waals surface area contributed by atoms with Gasteiger partial charge in [0, 0.05) is 62.2 Å². The first-order valence-corrected chi connectivity index (χ1v) is 10.1. The summed E-state index contributed by atoms with van der Waals surface area (Å²) in [5.74, 6) is -0.559. The maximum atomic E-state index is 13.9. The lowest BCUT2D eigenvalue weighted by Crippen LogP contribution is -2.70. The molecule has 1 N–H and O–H groups in total. The molecule has 6 rings (SSSR count). The van der Waals surface area contributed by atoms with Gasteiger partial charge in [0.2, 0.25) is 0 Å². The van der Waals surface area contributed by atoms with Gasteiger partial charge in [0.25, 0.3) is 5.91 Å². The van der Waals surface area contributed by atoms with Crippen LogP contribution in [-0.4, -0.2) is 61.0 Å². The molecule has 4 bridgehead atoms. The van der Waals surface area contributed by atoms with E-state index >= 15 is 0 Å². The van der Waals surface area contributed by atoms with Crippen LogP contribution in [0.4, 0.5) is 4.39 Å². The molecular weight excluding hydrogens is 367 g/mol. The Bertz CT molecular complexity index is 970. The second-order valence-electron chi connectivity index (χ2n) is 8.54. The molecule has 2 aromatic carbocycles. The molecule has 3 unspecified atom stereocenters. The van der Waals surface area contributed by atoms with Gasteiger partial charge in [-0.05, 0) is 23.8 Å². The van der Waals surface area contributed by atoms with Crippen LogP contribution in [0.25, 0.3) is 0 Å². The van der Waals surface area contributed by atoms with E-state index in [1.165, 1.54) is 17.7 Å². The average molecular weight is 390 g/mol. The number of nitrogens with zero attached hydrogens (tertiary/aromatic N) is 3. The van der Waals surface area contributed by atoms with Gasteiger partial charge in [-0.15, -0.1) is 0 Å². The van der Waals surface area contributed by atoms with Crippen molar-refractivity contribution in [3.63, 3.8) is 0 Å². The Morgan fingerprint density at radius 1 is 1.10 bits per heavy atom. The van der Waals surface area contributed by atoms with E-state index in [0.29, 0.717) is 5.92 Å². The highest BCUT2D eigenvalue weighted by molar-refractivity contribution is 5.95. The summed E-state index contributed by atoms with van der Waals surface area (Å²) in [5, 5.41) is 12.4. The van der Waals surface area contributed by atoms with E-state index in [0.717, 1.165) is 45.3 Å². The van der Waals surface area contributed by atoms with Crippen molar-refractivity contribution < 1.29 is 9.18 Å². The van der Waals surface area contributed by atoms with Gasteiger partial charge in [-0.2, -0.15) is 5.26 Å². The van der Waals surface area contributed by atoms with Gasteiger partial charge in [-0.3, -0.25) is 4.79 Å². The van der Waals surface area contributed by atoms with Crippen LogP contribution in [0.15, 0.2) is 48.5 Å². The van der Waals surface area contributed by atoms with Crippen molar-refractivity contribution >= 4 is 5.91 Å². The van der Waals surface area contributed by atoms with E-state index in [4.69, 9.17) is 5.26 Å². The topological polar surface area (TPSA) is 59.4 Å². The number of amides is 1. The zero-order chi connectivity index (χ0) is 20.0. The molecule has 0 spiro atoms. The number of carbonyl (C=O) groups excluding carboxylic acids is 1. The van der Waals surface area contributed by atoms with Crippen LogP contribution in [0.1, 0.15) is 21.5 Å². The highest BCUT2D eigenvalue weighted by Crippen LogP contribution is 2.43. The number of hydrogen-bond acceptors (Lipinski definition) is 4. The van der Waals surface area contributed by atoms with Crippen LogP contribution in [0, 0.1) is 23.1 Å². The fraction of sp³-hybridized carbons (Fsp3) is 0.391. The average Bonchev–Trinajstić information content (AvgIpc) is 2.98. The summed E-state index contributed by atoms with van der Waals surface area (Å²) in [6.07, 6.45) is 0. The van der Waals surface area contributed by atoms with Gasteiger partial charge in [0.1, 0.15) is 5.82 Å². The van der Waals surface area contributed by atoms with Crippen molar-refractivity contribution in [1.29, 1.82) is 5.26 Å². The Morgan fingerprint density at radius 3 is 2.45 bits per heavy atom. The maximum absolute atomic E-state index is 13.9. The van der Waals surface area contributed by atoms with Crippen LogP contribution in [0.5, 0.6) is 0 Å². The predicted octanol–water partition coefficient (Wildman–Crippen LogP) is 1.99. The quantitative estimate of drug-likeness (QED) is 0.871. The van der Waals surface area contributed by atoms with Gasteiger partial charge in [0.05, 0.1) is 11.6 Å². The maximum Gasteiger partial charge on any atom is 0.251 e. The lowest BCUT2D eigenvalue weighted by atomic mass is 9.64. The predicted molar refractivity (Wildman–Crippen MR) is 107 cm³/mol. The zero-order valence-corrected chi connectivity index (χ0v) is 16.1. The minimum atomic E-state index is -0.564. The Morgan fingerprint density at radius 2 is 1.79 bits per heavy atom. The van der Waals surface area contributed by atoms with E-state index in [1.807, 2.05) is 12.1 Å². The molecule has 3 atom stereocenters. The first kappa shape index (κ1) is 18.3. The fourth-order valence-corrected chi connectivity index (χ4v) is 5.58. The lowest BCUT2D eigenvalue weighted by molar-refractivity contribution is 0.0180. The number of benzene rings is 2. The number of rotatable bonds is 3. The molecule has 4 fully saturated rings. The standard InChI is InChI=1S/C23H23FN4O/c24-20-9-16(11-25)8-17(10-20)22(29)26-21-18-12-27-6-7-28(13-18)15-23(21,14-27)19-4-2-1-3-5-19/h1-5,8-10,18,21H,6-7,12-15H2,(H,26,29). The monoisotopic (exact) mass is 390 g/mol. The number of hydrogen-bond donors (Lipinski definition) is 1. The SMILES string of the molecule is N#Cc1cc(F)cc(C(=O)NC2C3CN4CCN(C3)CC2(c2ccccc2)C4)c1. The van der Waals surface area contributed by atoms with Crippen LogP contribution >= 0.6 is 0 Å². The van der Waals surface area contributed by atoms with E-state index in [9.17, 15) is 9.18 Å². The molecule has 0 saturated carbocycles. The molecule has 2 aromatic rings. The van der Waals surface area contributed by atoms with E-state index < -0.39 is 5.82 Å². The summed E-state index contributed by atoms with van der Waals surface area (Å²) in [7, 11) is 0. The highest BCUT2D eigenvalue weighted by Gasteiger charge is 2.55. The number of fused-ring (bicyclic) bond motifs is 1. The largest absolute Gasteiger partial charge is 0.348 e. The Balaban J connectivity index is 1.52. The first-order chi connectivity index (χ1) is 14.1. The van der Waals surface area contributed by atoms with Gasteiger partial charge in [-0.1, -0.05) is 30.3 Å². The summed E-state index contributed by atoms with van der Waals surface area (Å²) in [5.41, 5.74) is 1.41. The van der Waals surface area contributed by atoms with Gasteiger partial charge >= 0.3 is 0 Å². The van der Waals surface area contributed by atoms with Crippen LogP contribution in [0.2, 0.25) is 0 Å². The smallest absolute Gasteiger partial charge is 0.251 e. The molecule has 1 amide bonds. The zero-order valence-electron chi connectivity index (χ0n) is 16.1. The van der Waals surface area contributed by atoms with Crippen molar-refractivity contribution in [2.45, 2.75) is 11.5 Å². The fourth-order valence-electron chi connectivity index (χ4n) is 5.58. The molecular formula is C23H23FN4O. The molecule has 0 aliphatic carbocycles. The molecule has 0 radical (unpaired) electrons. The van der Waals surface area contributed by atoms with Gasteiger partial charge in [0.15, 0.2) is 0 Å². The molecule has 29 heavy (non-hydrogen) atoms. The van der Waals surface area contributed by atoms with Crippen LogP contribution in [-0.2, 0) is 5.41 Å². The van der Waals surface area contributed by atoms with E-state index in [2.05, 4.69) is 39.4 Å². The van der Waals surface area contributed by atoms with Gasteiger partial charge in [-0.25, -0.2) is 4.39 Å². The minimum Gasteiger partial charge on any atom is -0.348 e. The number of nitrogens with one attached hydrogen (secondary N) is 1. The third kappa shape index (κ3) is 3.11. The highest BCUT2D eigenvalue weighted by atomic mass is 19.1. The molecule has 4 heterocycles. The lowest BCUT2D eigenvalue weighted by Gasteiger charge is -2.55. The number of nitriles is 1. The summed E-state index contributed by atoms with van der Waals surface area (Å²) >= 11 is 0. The first-order valence-electron chi connectivity index (χ1n) is 10.1. The van der Waals surface area contributed by atoms with Crippen LogP contribution in [0.3, 0.4) is 0 Å². The number of halogens is 1. The third-order valence-electron chi connectivity index (χ3n) is 6.72. The van der Waals surface area contributed by atoms with Crippen molar-refractivity contribution in [3.8, 4) is 6.07 Å². The summed E-state index contributed by atoms with van der Waals surface area (Å²) in [6, 6.07) is 16.2. The number of carbonyl (C=O) groups is 1. The molecule has 0 aromatic heterocycles. The van der Waals surface area contributed by atoms with E-state index in [-0.39, 0.29) is 28.5 Å². The normalized spacial score (nSPS) is 32.4. The second-order valence-corrected chi connectivity index (χ2v) is 8.54. The summed E-state index contributed by atoms with van der Waals surface area (Å²) in [6.45, 7) is 5.84. The molecule has 4 aliphatic heterocycles. The van der Waals surface area contributed by atoms with Crippen molar-refractivity contribution in [2.75, 3.05) is 39.3 Å². The summed E-state index contributed by atoms with van der Waals surface area (Å²) < 4.78 is 13.9. The van der Waals surface area contributed by atoms with Crippen molar-refractivity contribution in [1.82, 2.24) is 15.1 Å². The van der Waals surface area contributed by atoms with Crippen molar-refractivity contribution in [2.24, 2.45) is 5.92 Å². The molecule has 148 valence electrons. The molecule has 5 nitrogen and oxygen atoms in total. The molecule has 4 saturated heterocycles. The summed E-state index contributed by atoms with van der Waals surface area (Å²) in [4.78, 5) is 18.1.